The van der Waals surface area contributed by atoms with E-state index in [0.717, 1.165) is 40.2 Å². The third-order valence-electron chi connectivity index (χ3n) is 4.54. The van der Waals surface area contributed by atoms with Crippen LogP contribution >= 0.6 is 0 Å². The minimum absolute atomic E-state index is 0.0996. The SMILES string of the molecule is CN(C)c1ccc(Nc2nc(Nc3ccc4nc(N(C)C)[nH]c4c3)ncc2F)cc1. The molecule has 0 radical (unpaired) electrons. The van der Waals surface area contributed by atoms with Gasteiger partial charge in [-0.1, -0.05) is 0 Å². The zero-order valence-corrected chi connectivity index (χ0v) is 17.2. The second-order valence-corrected chi connectivity index (χ2v) is 7.27. The Morgan fingerprint density at radius 3 is 2.30 bits per heavy atom. The number of halogens is 1. The fourth-order valence-corrected chi connectivity index (χ4v) is 2.91. The smallest absolute Gasteiger partial charge is 0.229 e. The Hall–Kier alpha value is -3.88. The van der Waals surface area contributed by atoms with E-state index in [0.29, 0.717) is 0 Å². The van der Waals surface area contributed by atoms with Crippen LogP contribution in [0, 0.1) is 5.82 Å². The highest BCUT2D eigenvalue weighted by molar-refractivity contribution is 5.82. The molecule has 0 aliphatic rings. The van der Waals surface area contributed by atoms with Gasteiger partial charge in [-0.3, -0.25) is 0 Å². The van der Waals surface area contributed by atoms with Gasteiger partial charge in [0.25, 0.3) is 0 Å². The number of hydrogen-bond donors (Lipinski definition) is 3. The number of fused-ring (bicyclic) bond motifs is 1. The van der Waals surface area contributed by atoms with Gasteiger partial charge in [0.1, 0.15) is 0 Å². The van der Waals surface area contributed by atoms with Gasteiger partial charge in [-0.2, -0.15) is 4.98 Å². The fourth-order valence-electron chi connectivity index (χ4n) is 2.91. The van der Waals surface area contributed by atoms with Gasteiger partial charge in [0.05, 0.1) is 17.2 Å². The molecule has 2 aromatic carbocycles. The molecule has 2 heterocycles. The Morgan fingerprint density at radius 2 is 1.60 bits per heavy atom. The van der Waals surface area contributed by atoms with Gasteiger partial charge in [0.15, 0.2) is 11.6 Å². The molecular weight excluding hydrogens is 383 g/mol. The zero-order chi connectivity index (χ0) is 21.3. The van der Waals surface area contributed by atoms with Crippen LogP contribution in [0.2, 0.25) is 0 Å². The molecule has 0 spiro atoms. The number of imidazole rings is 1. The third kappa shape index (κ3) is 4.09. The van der Waals surface area contributed by atoms with Crippen molar-refractivity contribution in [2.75, 3.05) is 48.6 Å². The van der Waals surface area contributed by atoms with Crippen molar-refractivity contribution in [2.45, 2.75) is 0 Å². The summed E-state index contributed by atoms with van der Waals surface area (Å²) in [4.78, 5) is 20.0. The number of rotatable bonds is 6. The largest absolute Gasteiger partial charge is 0.378 e. The van der Waals surface area contributed by atoms with E-state index in [1.54, 1.807) is 0 Å². The number of nitrogens with zero attached hydrogens (tertiary/aromatic N) is 5. The molecule has 8 nitrogen and oxygen atoms in total. The second kappa shape index (κ2) is 7.86. The molecular formula is C21H23FN8. The van der Waals surface area contributed by atoms with Crippen LogP contribution in [0.4, 0.5) is 39.2 Å². The number of H-pyrrole nitrogens is 1. The maximum atomic E-state index is 14.2. The normalized spacial score (nSPS) is 10.8. The molecule has 4 rings (SSSR count). The molecule has 0 bridgehead atoms. The van der Waals surface area contributed by atoms with Gasteiger partial charge in [0.2, 0.25) is 11.9 Å². The predicted octanol–water partition coefficient (Wildman–Crippen LogP) is 4.11. The minimum atomic E-state index is -0.531. The Bertz CT molecular complexity index is 1170. The molecule has 0 saturated carbocycles. The average Bonchev–Trinajstić information content (AvgIpc) is 3.15. The van der Waals surface area contributed by atoms with Crippen molar-refractivity contribution in [1.29, 1.82) is 0 Å². The summed E-state index contributed by atoms with van der Waals surface area (Å²) in [5.74, 6) is 0.627. The summed E-state index contributed by atoms with van der Waals surface area (Å²) in [6, 6.07) is 13.3. The maximum absolute atomic E-state index is 14.2. The van der Waals surface area contributed by atoms with E-state index in [-0.39, 0.29) is 11.8 Å². The summed E-state index contributed by atoms with van der Waals surface area (Å²) < 4.78 is 14.2. The summed E-state index contributed by atoms with van der Waals surface area (Å²) in [7, 11) is 7.77. The second-order valence-electron chi connectivity index (χ2n) is 7.27. The topological polar surface area (TPSA) is 85.0 Å². The summed E-state index contributed by atoms with van der Waals surface area (Å²) in [5, 5.41) is 6.12. The van der Waals surface area contributed by atoms with Gasteiger partial charge in [0, 0.05) is 45.3 Å². The molecule has 0 aliphatic carbocycles. The first-order chi connectivity index (χ1) is 14.4. The first-order valence-corrected chi connectivity index (χ1v) is 9.40. The third-order valence-corrected chi connectivity index (χ3v) is 4.54. The van der Waals surface area contributed by atoms with Gasteiger partial charge in [-0.15, -0.1) is 0 Å². The quantitative estimate of drug-likeness (QED) is 0.444. The van der Waals surface area contributed by atoms with Crippen LogP contribution in [-0.4, -0.2) is 48.1 Å². The van der Waals surface area contributed by atoms with Crippen molar-refractivity contribution < 1.29 is 4.39 Å². The van der Waals surface area contributed by atoms with E-state index in [1.807, 2.05) is 80.5 Å². The van der Waals surface area contributed by atoms with Crippen LogP contribution in [-0.2, 0) is 0 Å². The van der Waals surface area contributed by atoms with Crippen molar-refractivity contribution in [3.05, 3.63) is 54.5 Å². The molecule has 0 atom stereocenters. The Morgan fingerprint density at radius 1 is 0.867 bits per heavy atom. The first-order valence-electron chi connectivity index (χ1n) is 9.40. The molecule has 30 heavy (non-hydrogen) atoms. The standard InChI is InChI=1S/C21H23FN8/c1-29(2)15-8-5-13(6-9-15)24-19-16(22)12-23-20(28-19)25-14-7-10-17-18(11-14)27-21(26-17)30(3)4/h5-12H,1-4H3,(H,26,27)(H2,23,24,25,28). The molecule has 154 valence electrons. The van der Waals surface area contributed by atoms with E-state index in [1.165, 1.54) is 0 Å². The summed E-state index contributed by atoms with van der Waals surface area (Å²) >= 11 is 0. The molecule has 0 saturated heterocycles. The molecule has 2 aromatic heterocycles. The summed E-state index contributed by atoms with van der Waals surface area (Å²) in [5.41, 5.74) is 4.29. The van der Waals surface area contributed by atoms with Gasteiger partial charge in [-0.05, 0) is 42.5 Å². The summed E-state index contributed by atoms with van der Waals surface area (Å²) in [6.45, 7) is 0. The first kappa shape index (κ1) is 19.4. The highest BCUT2D eigenvalue weighted by Crippen LogP contribution is 2.24. The van der Waals surface area contributed by atoms with Gasteiger partial charge < -0.3 is 25.4 Å². The predicted molar refractivity (Wildman–Crippen MR) is 120 cm³/mol. The fraction of sp³-hybridized carbons (Fsp3) is 0.190. The van der Waals surface area contributed by atoms with E-state index >= 15 is 0 Å². The van der Waals surface area contributed by atoms with Crippen molar-refractivity contribution in [3.63, 3.8) is 0 Å². The lowest BCUT2D eigenvalue weighted by atomic mass is 10.2. The number of nitrogens with one attached hydrogen (secondary N) is 3. The number of hydrogen-bond acceptors (Lipinski definition) is 7. The van der Waals surface area contributed by atoms with Crippen molar-refractivity contribution in [3.8, 4) is 0 Å². The van der Waals surface area contributed by atoms with Crippen LogP contribution in [0.5, 0.6) is 0 Å². The highest BCUT2D eigenvalue weighted by Gasteiger charge is 2.10. The molecule has 4 aromatic rings. The number of benzene rings is 2. The van der Waals surface area contributed by atoms with Crippen LogP contribution in [0.1, 0.15) is 0 Å². The van der Waals surface area contributed by atoms with E-state index in [9.17, 15) is 4.39 Å². The van der Waals surface area contributed by atoms with Crippen LogP contribution < -0.4 is 20.4 Å². The average molecular weight is 406 g/mol. The number of anilines is 6. The zero-order valence-electron chi connectivity index (χ0n) is 17.2. The Kier molecular flexibility index (Phi) is 5.09. The minimum Gasteiger partial charge on any atom is -0.378 e. The Balaban J connectivity index is 1.54. The lowest BCUT2D eigenvalue weighted by molar-refractivity contribution is 0.619. The van der Waals surface area contributed by atoms with Crippen molar-refractivity contribution in [1.82, 2.24) is 19.9 Å². The molecule has 3 N–H and O–H groups in total. The monoisotopic (exact) mass is 406 g/mol. The van der Waals surface area contributed by atoms with Gasteiger partial charge in [-0.25, -0.2) is 14.4 Å². The van der Waals surface area contributed by atoms with Crippen molar-refractivity contribution >= 4 is 45.8 Å². The van der Waals surface area contributed by atoms with Crippen LogP contribution in [0.3, 0.4) is 0 Å². The van der Waals surface area contributed by atoms with Crippen molar-refractivity contribution in [2.24, 2.45) is 0 Å². The molecule has 0 amide bonds. The van der Waals surface area contributed by atoms with Crippen LogP contribution in [0.15, 0.2) is 48.7 Å². The lowest BCUT2D eigenvalue weighted by Crippen LogP contribution is -2.09. The van der Waals surface area contributed by atoms with E-state index < -0.39 is 5.82 Å². The molecule has 0 unspecified atom stereocenters. The van der Waals surface area contributed by atoms with E-state index in [2.05, 4.69) is 30.6 Å². The van der Waals surface area contributed by atoms with Crippen LogP contribution in [0.25, 0.3) is 11.0 Å². The molecule has 0 fully saturated rings. The highest BCUT2D eigenvalue weighted by atomic mass is 19.1. The lowest BCUT2D eigenvalue weighted by Gasteiger charge is -2.13. The number of aromatic amines is 1. The summed E-state index contributed by atoms with van der Waals surface area (Å²) in [6.07, 6.45) is 1.14. The Labute approximate surface area is 173 Å². The van der Waals surface area contributed by atoms with Gasteiger partial charge >= 0.3 is 0 Å². The maximum Gasteiger partial charge on any atom is 0.229 e. The number of aromatic nitrogens is 4. The molecule has 9 heteroatoms. The van der Waals surface area contributed by atoms with E-state index in [4.69, 9.17) is 0 Å². The molecule has 0 aliphatic heterocycles.